The summed E-state index contributed by atoms with van der Waals surface area (Å²) < 4.78 is 1.11. The fourth-order valence-electron chi connectivity index (χ4n) is 1.47. The van der Waals surface area contributed by atoms with Crippen LogP contribution >= 0.6 is 15.9 Å². The van der Waals surface area contributed by atoms with E-state index in [2.05, 4.69) is 25.9 Å². The van der Waals surface area contributed by atoms with E-state index in [1.54, 1.807) is 0 Å². The highest BCUT2D eigenvalue weighted by molar-refractivity contribution is 9.10. The van der Waals surface area contributed by atoms with E-state index in [1.165, 1.54) is 5.56 Å². The number of nitrogens with one attached hydrogen (secondary N) is 1. The molecule has 0 fully saturated rings. The molecule has 0 radical (unpaired) electrons. The first-order valence-corrected chi connectivity index (χ1v) is 4.80. The van der Waals surface area contributed by atoms with Crippen LogP contribution in [0.2, 0.25) is 0 Å². The number of H-pyrrole nitrogens is 1. The van der Waals surface area contributed by atoms with Gasteiger partial charge in [-0.3, -0.25) is 0 Å². The summed E-state index contributed by atoms with van der Waals surface area (Å²) in [5.41, 5.74) is 9.84. The molecule has 0 aliphatic carbocycles. The number of aromatic nitrogens is 2. The Morgan fingerprint density at radius 1 is 1.46 bits per heavy atom. The molecule has 0 bridgehead atoms. The van der Waals surface area contributed by atoms with Gasteiger partial charge in [0.15, 0.2) is 5.95 Å². The van der Waals surface area contributed by atoms with E-state index in [0.717, 1.165) is 21.1 Å². The molecule has 0 saturated heterocycles. The molecule has 68 valence electrons. The summed E-state index contributed by atoms with van der Waals surface area (Å²) >= 11 is 3.52. The van der Waals surface area contributed by atoms with E-state index in [9.17, 15) is 0 Å². The lowest BCUT2D eigenvalue weighted by atomic mass is 10.1. The molecule has 0 unspecified atom stereocenters. The highest BCUT2D eigenvalue weighted by Crippen LogP contribution is 2.28. The van der Waals surface area contributed by atoms with Gasteiger partial charge in [-0.1, -0.05) is 15.9 Å². The first kappa shape index (κ1) is 8.56. The first-order chi connectivity index (χ1) is 6.09. The third kappa shape index (κ3) is 1.21. The lowest BCUT2D eigenvalue weighted by molar-refractivity contribution is 1.34. The van der Waals surface area contributed by atoms with Crippen molar-refractivity contribution in [1.29, 1.82) is 0 Å². The Hall–Kier alpha value is -1.03. The number of nitrogens with two attached hydrogens (primary N) is 1. The number of benzene rings is 1. The number of anilines is 1. The molecule has 1 heterocycles. The zero-order valence-electron chi connectivity index (χ0n) is 7.48. The number of hydrogen-bond acceptors (Lipinski definition) is 2. The van der Waals surface area contributed by atoms with Gasteiger partial charge in [0.05, 0.1) is 11.0 Å². The summed E-state index contributed by atoms with van der Waals surface area (Å²) in [6.07, 6.45) is 0. The molecular weight excluding hydrogens is 230 g/mol. The van der Waals surface area contributed by atoms with Gasteiger partial charge in [0.1, 0.15) is 0 Å². The van der Waals surface area contributed by atoms with E-state index < -0.39 is 0 Å². The number of aryl methyl sites for hydroxylation is 2. The van der Waals surface area contributed by atoms with Crippen molar-refractivity contribution in [3.8, 4) is 0 Å². The van der Waals surface area contributed by atoms with Gasteiger partial charge < -0.3 is 10.7 Å². The molecule has 0 aliphatic rings. The predicted molar refractivity (Wildman–Crippen MR) is 57.7 cm³/mol. The second kappa shape index (κ2) is 2.73. The van der Waals surface area contributed by atoms with Gasteiger partial charge in [-0.15, -0.1) is 0 Å². The molecule has 0 amide bonds. The molecule has 3 nitrogen and oxygen atoms in total. The number of nitrogen functional groups attached to an aromatic ring is 1. The van der Waals surface area contributed by atoms with Crippen LogP contribution in [0.1, 0.15) is 11.1 Å². The van der Waals surface area contributed by atoms with Gasteiger partial charge in [0, 0.05) is 4.47 Å². The fourth-order valence-corrected chi connectivity index (χ4v) is 1.78. The first-order valence-electron chi connectivity index (χ1n) is 4.00. The van der Waals surface area contributed by atoms with Crippen molar-refractivity contribution >= 4 is 32.9 Å². The van der Waals surface area contributed by atoms with Crippen LogP contribution in [0.3, 0.4) is 0 Å². The minimum absolute atomic E-state index is 0.468. The number of rotatable bonds is 0. The molecule has 2 aromatic rings. The molecule has 0 saturated carbocycles. The zero-order valence-corrected chi connectivity index (χ0v) is 9.07. The van der Waals surface area contributed by atoms with Crippen molar-refractivity contribution in [2.24, 2.45) is 0 Å². The minimum Gasteiger partial charge on any atom is -0.369 e. The highest BCUT2D eigenvalue weighted by Gasteiger charge is 2.08. The summed E-state index contributed by atoms with van der Waals surface area (Å²) in [7, 11) is 0. The maximum Gasteiger partial charge on any atom is 0.198 e. The molecule has 3 N–H and O–H groups in total. The maximum absolute atomic E-state index is 5.58. The van der Waals surface area contributed by atoms with Crippen LogP contribution in [-0.2, 0) is 0 Å². The number of hydrogen-bond donors (Lipinski definition) is 2. The number of fused-ring (bicyclic) bond motifs is 1. The molecule has 13 heavy (non-hydrogen) atoms. The lowest BCUT2D eigenvalue weighted by Crippen LogP contribution is -1.85. The molecule has 1 aromatic heterocycles. The van der Waals surface area contributed by atoms with Crippen LogP contribution in [0.5, 0.6) is 0 Å². The van der Waals surface area contributed by atoms with Gasteiger partial charge >= 0.3 is 0 Å². The van der Waals surface area contributed by atoms with Crippen molar-refractivity contribution in [2.75, 3.05) is 5.73 Å². The molecular formula is C9H10BrN3. The van der Waals surface area contributed by atoms with E-state index >= 15 is 0 Å². The second-order valence-corrected chi connectivity index (χ2v) is 3.94. The van der Waals surface area contributed by atoms with E-state index in [-0.39, 0.29) is 0 Å². The fraction of sp³-hybridized carbons (Fsp3) is 0.222. The summed E-state index contributed by atoms with van der Waals surface area (Å²) in [6, 6.07) is 2.01. The van der Waals surface area contributed by atoms with Crippen molar-refractivity contribution in [3.05, 3.63) is 21.7 Å². The van der Waals surface area contributed by atoms with Crippen molar-refractivity contribution in [2.45, 2.75) is 13.8 Å². The number of nitrogens with zero attached hydrogens (tertiary/aromatic N) is 1. The SMILES string of the molecule is Cc1cc2nc(N)[nH]c2c(C)c1Br. The Bertz CT molecular complexity index is 473. The summed E-state index contributed by atoms with van der Waals surface area (Å²) in [4.78, 5) is 7.21. The summed E-state index contributed by atoms with van der Waals surface area (Å²) in [5.74, 6) is 0.468. The van der Waals surface area contributed by atoms with Crippen molar-refractivity contribution in [1.82, 2.24) is 9.97 Å². The van der Waals surface area contributed by atoms with Gasteiger partial charge in [0.2, 0.25) is 0 Å². The molecule has 0 spiro atoms. The van der Waals surface area contributed by atoms with Crippen molar-refractivity contribution < 1.29 is 0 Å². The smallest absolute Gasteiger partial charge is 0.198 e. The van der Waals surface area contributed by atoms with Crippen molar-refractivity contribution in [3.63, 3.8) is 0 Å². The third-order valence-corrected chi connectivity index (χ3v) is 3.37. The van der Waals surface area contributed by atoms with Crippen LogP contribution in [0.4, 0.5) is 5.95 Å². The molecule has 2 rings (SSSR count). The topological polar surface area (TPSA) is 54.7 Å². The van der Waals surface area contributed by atoms with Crippen LogP contribution in [0.15, 0.2) is 10.5 Å². The van der Waals surface area contributed by atoms with Gasteiger partial charge in [-0.25, -0.2) is 4.98 Å². The maximum atomic E-state index is 5.58. The standard InChI is InChI=1S/C9H10BrN3/c1-4-3-6-8(5(2)7(4)10)13-9(11)12-6/h3H,1-2H3,(H3,11,12,13). The zero-order chi connectivity index (χ0) is 9.59. The Morgan fingerprint density at radius 3 is 2.85 bits per heavy atom. The quantitative estimate of drug-likeness (QED) is 0.743. The Morgan fingerprint density at radius 2 is 2.15 bits per heavy atom. The second-order valence-electron chi connectivity index (χ2n) is 3.15. The Labute approximate surface area is 84.5 Å². The van der Waals surface area contributed by atoms with E-state index in [1.807, 2.05) is 19.9 Å². The number of halogens is 1. The van der Waals surface area contributed by atoms with Gasteiger partial charge in [-0.05, 0) is 31.0 Å². The monoisotopic (exact) mass is 239 g/mol. The third-order valence-electron chi connectivity index (χ3n) is 2.15. The number of aromatic amines is 1. The highest BCUT2D eigenvalue weighted by atomic mass is 79.9. The van der Waals surface area contributed by atoms with E-state index in [0.29, 0.717) is 5.95 Å². The molecule has 0 aliphatic heterocycles. The lowest BCUT2D eigenvalue weighted by Gasteiger charge is -2.02. The molecule has 1 aromatic carbocycles. The Balaban J connectivity index is 2.92. The minimum atomic E-state index is 0.468. The predicted octanol–water partition coefficient (Wildman–Crippen LogP) is 2.52. The van der Waals surface area contributed by atoms with Crippen LogP contribution in [0, 0.1) is 13.8 Å². The largest absolute Gasteiger partial charge is 0.369 e. The average Bonchev–Trinajstić information content (AvgIpc) is 2.42. The van der Waals surface area contributed by atoms with E-state index in [4.69, 9.17) is 5.73 Å². The summed E-state index contributed by atoms with van der Waals surface area (Å²) in [5, 5.41) is 0. The van der Waals surface area contributed by atoms with Crippen LogP contribution < -0.4 is 5.73 Å². The van der Waals surface area contributed by atoms with Crippen LogP contribution in [0.25, 0.3) is 11.0 Å². The number of imidazole rings is 1. The molecule has 0 atom stereocenters. The Kier molecular flexibility index (Phi) is 1.80. The van der Waals surface area contributed by atoms with Gasteiger partial charge in [0.25, 0.3) is 0 Å². The normalized spacial score (nSPS) is 11.0. The molecule has 4 heteroatoms. The van der Waals surface area contributed by atoms with Crippen LogP contribution in [-0.4, -0.2) is 9.97 Å². The summed E-state index contributed by atoms with van der Waals surface area (Å²) in [6.45, 7) is 4.08. The van der Waals surface area contributed by atoms with Gasteiger partial charge in [-0.2, -0.15) is 0 Å². The average molecular weight is 240 g/mol.